The number of aromatic nitrogens is 6. The van der Waals surface area contributed by atoms with Crippen LogP contribution in [-0.4, -0.2) is 114 Å². The lowest BCUT2D eigenvalue weighted by Crippen LogP contribution is -2.58. The van der Waals surface area contributed by atoms with Gasteiger partial charge in [0.25, 0.3) is 0 Å². The van der Waals surface area contributed by atoms with Crippen LogP contribution in [-0.2, 0) is 30.4 Å². The molecule has 6 aromatic rings. The second kappa shape index (κ2) is 21.5. The molecule has 2 unspecified atom stereocenters. The first kappa shape index (κ1) is 50.3. The Labute approximate surface area is 420 Å². The molecule has 0 radical (unpaired) electrons. The van der Waals surface area contributed by atoms with E-state index in [4.69, 9.17) is 26.1 Å². The van der Waals surface area contributed by atoms with E-state index in [1.165, 1.54) is 4.90 Å². The van der Waals surface area contributed by atoms with Gasteiger partial charge >= 0.3 is 0 Å². The third-order valence-electron chi connectivity index (χ3n) is 12.3. The topological polar surface area (TPSA) is 191 Å². The molecule has 0 spiro atoms. The molecule has 70 heavy (non-hydrogen) atoms. The number of ether oxygens (including phenoxy) is 2. The molecule has 6 heterocycles. The Bertz CT molecular complexity index is 2960. The molecule has 1 saturated heterocycles. The lowest BCUT2D eigenvalue weighted by molar-refractivity contribution is -0.144. The Morgan fingerprint density at radius 2 is 1.70 bits per heavy atom. The number of amides is 3. The molecule has 3 amide bonds. The molecule has 2 aliphatic heterocycles. The van der Waals surface area contributed by atoms with E-state index >= 15 is 0 Å². The van der Waals surface area contributed by atoms with Gasteiger partial charge in [0.05, 0.1) is 76.9 Å². The number of hydrogen-bond donors (Lipinski definition) is 3. The van der Waals surface area contributed by atoms with Crippen molar-refractivity contribution < 1.29 is 29.0 Å². The number of aliphatic imine (C=N–C) groups is 1. The lowest BCUT2D eigenvalue weighted by atomic mass is 9.85. The number of thiazole rings is 1. The van der Waals surface area contributed by atoms with Gasteiger partial charge in [-0.25, -0.2) is 4.98 Å². The van der Waals surface area contributed by atoms with Crippen LogP contribution in [0.2, 0.25) is 5.02 Å². The Hall–Kier alpha value is -6.07. The fourth-order valence-electron chi connectivity index (χ4n) is 8.54. The predicted molar refractivity (Wildman–Crippen MR) is 270 cm³/mol. The number of fused-ring (bicyclic) bond motifs is 3. The number of rotatable bonds is 15. The average Bonchev–Trinajstić information content (AvgIpc) is 4.17. The third kappa shape index (κ3) is 11.3. The van der Waals surface area contributed by atoms with Crippen LogP contribution < -0.4 is 10.6 Å². The molecule has 0 aliphatic carbocycles. The molecule has 0 bridgehead atoms. The smallest absolute Gasteiger partial charge is 0.246 e. The molecule has 3 N–H and O–H groups in total. The van der Waals surface area contributed by atoms with Gasteiger partial charge in [0.15, 0.2) is 5.82 Å². The van der Waals surface area contributed by atoms with Gasteiger partial charge in [-0.2, -0.15) is 5.10 Å². The molecule has 366 valence electrons. The van der Waals surface area contributed by atoms with Crippen LogP contribution >= 0.6 is 34.3 Å². The summed E-state index contributed by atoms with van der Waals surface area (Å²) in [4.78, 5) is 53.7. The number of aliphatic hydroxyl groups is 1. The highest BCUT2D eigenvalue weighted by molar-refractivity contribution is 7.15. The van der Waals surface area contributed by atoms with Crippen molar-refractivity contribution >= 4 is 57.7 Å². The highest BCUT2D eigenvalue weighted by Crippen LogP contribution is 2.39. The van der Waals surface area contributed by atoms with Crippen molar-refractivity contribution in [1.29, 1.82) is 0 Å². The van der Waals surface area contributed by atoms with Crippen molar-refractivity contribution in [2.45, 2.75) is 98.6 Å². The van der Waals surface area contributed by atoms with Gasteiger partial charge in [-0.05, 0) is 68.9 Å². The van der Waals surface area contributed by atoms with E-state index in [1.807, 2.05) is 109 Å². The Morgan fingerprint density at radius 1 is 0.971 bits per heavy atom. The minimum absolute atomic E-state index is 0.0248. The van der Waals surface area contributed by atoms with Gasteiger partial charge in [0, 0.05) is 35.3 Å². The van der Waals surface area contributed by atoms with Crippen LogP contribution in [0.1, 0.15) is 103 Å². The summed E-state index contributed by atoms with van der Waals surface area (Å²) in [5.41, 5.74) is 8.58. The molecule has 5 atom stereocenters. The zero-order chi connectivity index (χ0) is 49.9. The summed E-state index contributed by atoms with van der Waals surface area (Å²) in [7, 11) is 0. The van der Waals surface area contributed by atoms with Crippen LogP contribution in [0.15, 0.2) is 71.4 Å². The summed E-state index contributed by atoms with van der Waals surface area (Å²) in [6.07, 6.45) is 2.79. The Kier molecular flexibility index (Phi) is 15.5. The number of aliphatic hydroxyl groups excluding tert-OH is 1. The van der Waals surface area contributed by atoms with Gasteiger partial charge in [-0.3, -0.25) is 28.6 Å². The first-order chi connectivity index (χ1) is 33.5. The number of carbonyl (C=O) groups is 3. The average molecular weight is 1010 g/mol. The number of halogens is 1. The van der Waals surface area contributed by atoms with Crippen molar-refractivity contribution in [3.05, 3.63) is 121 Å². The van der Waals surface area contributed by atoms with Gasteiger partial charge in [-0.15, -0.1) is 32.9 Å². The number of aryl methyl sites for hydroxylation is 2. The van der Waals surface area contributed by atoms with Crippen molar-refractivity contribution in [3.63, 3.8) is 0 Å². The van der Waals surface area contributed by atoms with Crippen molar-refractivity contribution in [2.75, 3.05) is 33.0 Å². The van der Waals surface area contributed by atoms with Crippen LogP contribution in [0.3, 0.4) is 0 Å². The molecule has 4 aromatic heterocycles. The molecule has 2 aliphatic rings. The maximum atomic E-state index is 14.1. The minimum Gasteiger partial charge on any atom is -0.391 e. The number of nitrogens with zero attached hydrogens (tertiary/aromatic N) is 8. The molecule has 1 fully saturated rings. The molecule has 0 saturated carbocycles. The van der Waals surface area contributed by atoms with E-state index in [9.17, 15) is 19.5 Å². The Balaban J connectivity index is 0.799. The standard InChI is InChI=1S/C51H57ClN10O6S2/c1-29-41(70-50-43(29)44(36-14-16-38(52)17-15-36)55-32(4)47-59-58-33(5)62(47)50)18-9-34-24-54-60(25-34)19-20-67-21-22-68-27-42(64)57-46(51(6,7)8)49(66)61-26-39(63)23-40(61)48(65)56-30(2)35-10-12-37(13-11-35)45-31(3)53-28-69-45/h10-17,24-25,28,30,32,39-40,46,63H,19-23,26-27H2,1-8H3,(H,56,65)(H,57,64)/t30?,32-,39+,40-,46?/m0/s1. The molecular formula is C51H57ClN10O6S2. The van der Waals surface area contributed by atoms with E-state index in [1.54, 1.807) is 33.6 Å². The maximum Gasteiger partial charge on any atom is 0.246 e. The zero-order valence-electron chi connectivity index (χ0n) is 40.4. The quantitative estimate of drug-likeness (QED) is 0.0718. The first-order valence-electron chi connectivity index (χ1n) is 23.1. The summed E-state index contributed by atoms with van der Waals surface area (Å²) >= 11 is 9.40. The van der Waals surface area contributed by atoms with Crippen LogP contribution in [0.5, 0.6) is 0 Å². The second-order valence-corrected chi connectivity index (χ2v) is 20.9. The summed E-state index contributed by atoms with van der Waals surface area (Å²) < 4.78 is 15.2. The van der Waals surface area contributed by atoms with Gasteiger partial charge in [-0.1, -0.05) is 80.6 Å². The number of β-amino-alcohol motifs (C(OH)–C–C–N with tert-alkyl or cyclic N) is 1. The van der Waals surface area contributed by atoms with E-state index < -0.39 is 35.4 Å². The van der Waals surface area contributed by atoms with Crippen molar-refractivity contribution in [1.82, 2.24) is 45.1 Å². The van der Waals surface area contributed by atoms with Gasteiger partial charge in [0.1, 0.15) is 35.6 Å². The number of hydrogen-bond acceptors (Lipinski definition) is 13. The number of benzene rings is 2. The van der Waals surface area contributed by atoms with E-state index in [2.05, 4.69) is 54.2 Å². The summed E-state index contributed by atoms with van der Waals surface area (Å²) in [5, 5.41) is 31.4. The largest absolute Gasteiger partial charge is 0.391 e. The zero-order valence-corrected chi connectivity index (χ0v) is 42.8. The van der Waals surface area contributed by atoms with E-state index in [0.29, 0.717) is 18.2 Å². The molecule has 19 heteroatoms. The fourth-order valence-corrected chi connectivity index (χ4v) is 10.7. The minimum atomic E-state index is -0.979. The maximum absolute atomic E-state index is 14.1. The Morgan fingerprint density at radius 3 is 2.41 bits per heavy atom. The molecular weight excluding hydrogens is 948 g/mol. The number of carbonyl (C=O) groups excluding carboxylic acids is 3. The van der Waals surface area contributed by atoms with Gasteiger partial charge < -0.3 is 30.1 Å². The third-order valence-corrected chi connectivity index (χ3v) is 14.7. The van der Waals surface area contributed by atoms with Crippen molar-refractivity contribution in [2.24, 2.45) is 10.4 Å². The highest BCUT2D eigenvalue weighted by Gasteiger charge is 2.45. The molecule has 16 nitrogen and oxygen atoms in total. The number of likely N-dealkylation sites (tertiary alicyclic amines) is 1. The van der Waals surface area contributed by atoms with E-state index in [-0.39, 0.29) is 50.8 Å². The summed E-state index contributed by atoms with van der Waals surface area (Å²) in [6.45, 7) is 16.3. The molecule has 2 aromatic carbocycles. The summed E-state index contributed by atoms with van der Waals surface area (Å²) in [6, 6.07) is 13.2. The highest BCUT2D eigenvalue weighted by atomic mass is 35.5. The second-order valence-electron chi connectivity index (χ2n) is 18.6. The normalized spacial score (nSPS) is 17.4. The lowest BCUT2D eigenvalue weighted by Gasteiger charge is -2.35. The van der Waals surface area contributed by atoms with Crippen LogP contribution in [0.25, 0.3) is 15.4 Å². The summed E-state index contributed by atoms with van der Waals surface area (Å²) in [5.74, 6) is 6.90. The number of nitrogens with one attached hydrogen (secondary N) is 2. The molecule has 8 rings (SSSR count). The first-order valence-corrected chi connectivity index (χ1v) is 25.2. The van der Waals surface area contributed by atoms with Crippen LogP contribution in [0.4, 0.5) is 0 Å². The fraction of sp³-hybridized carbons (Fsp3) is 0.412. The number of thiophene rings is 1. The predicted octanol–water partition coefficient (Wildman–Crippen LogP) is 6.94. The monoisotopic (exact) mass is 1000 g/mol. The van der Waals surface area contributed by atoms with Gasteiger partial charge in [0.2, 0.25) is 17.7 Å². The van der Waals surface area contributed by atoms with E-state index in [0.717, 1.165) is 71.2 Å². The van der Waals surface area contributed by atoms with Crippen LogP contribution in [0, 0.1) is 38.0 Å². The van der Waals surface area contributed by atoms with Crippen molar-refractivity contribution in [3.8, 4) is 27.3 Å². The SMILES string of the molecule is Cc1ncsc1-c1ccc(C(C)NC(=O)[C@@H]2C[C@@H](O)CN2C(=O)C(NC(=O)COCCOCCn2cc(C#Cc3sc4c(c3C)C(c3ccc(Cl)cc3)=N[C@@H](C)c3nnc(C)n3-4)cn2)C(C)(C)C)cc1.